The zero-order chi connectivity index (χ0) is 16.8. The number of benzene rings is 1. The quantitative estimate of drug-likeness (QED) is 0.757. The molecule has 0 aliphatic heterocycles. The fourth-order valence-corrected chi connectivity index (χ4v) is 1.92. The normalized spacial score (nSPS) is 12.2. The highest BCUT2D eigenvalue weighted by Crippen LogP contribution is 2.25. The summed E-state index contributed by atoms with van der Waals surface area (Å²) in [5.41, 5.74) is 1.24. The van der Waals surface area contributed by atoms with Gasteiger partial charge in [-0.1, -0.05) is 24.3 Å². The number of aliphatic hydroxyl groups excluding tert-OH is 2. The molecule has 0 radical (unpaired) electrons. The number of hydrogen-bond acceptors (Lipinski definition) is 4. The number of aliphatic hydroxyl groups is 2. The molecule has 1 aromatic heterocycles. The summed E-state index contributed by atoms with van der Waals surface area (Å²) >= 11 is 0. The van der Waals surface area contributed by atoms with Gasteiger partial charge >= 0.3 is 0 Å². The zero-order valence-electron chi connectivity index (χ0n) is 12.1. The summed E-state index contributed by atoms with van der Waals surface area (Å²) in [4.78, 5) is 15.8. The summed E-state index contributed by atoms with van der Waals surface area (Å²) in [5.74, 6) is -0.495. The van der Waals surface area contributed by atoms with E-state index in [9.17, 15) is 18.7 Å². The SMILES string of the molecule is O=C(NCC(O)CO)c1ccc(-c2cccc(C(F)F)c2)cn1. The van der Waals surface area contributed by atoms with E-state index >= 15 is 0 Å². The van der Waals surface area contributed by atoms with Crippen molar-refractivity contribution in [1.29, 1.82) is 0 Å². The maximum Gasteiger partial charge on any atom is 0.269 e. The van der Waals surface area contributed by atoms with Gasteiger partial charge in [0.05, 0.1) is 12.7 Å². The third-order valence-electron chi connectivity index (χ3n) is 3.18. The molecule has 2 rings (SSSR count). The lowest BCUT2D eigenvalue weighted by Gasteiger charge is -2.09. The fraction of sp³-hybridized carbons (Fsp3) is 0.250. The van der Waals surface area contributed by atoms with Crippen molar-refractivity contribution < 1.29 is 23.8 Å². The molecule has 0 spiro atoms. The predicted octanol–water partition coefficient (Wildman–Crippen LogP) is 1.77. The number of nitrogens with one attached hydrogen (secondary N) is 1. The topological polar surface area (TPSA) is 82.5 Å². The smallest absolute Gasteiger partial charge is 0.269 e. The summed E-state index contributed by atoms with van der Waals surface area (Å²) < 4.78 is 25.4. The van der Waals surface area contributed by atoms with Crippen LogP contribution in [0.3, 0.4) is 0 Å². The maximum absolute atomic E-state index is 12.7. The lowest BCUT2D eigenvalue weighted by atomic mass is 10.0. The van der Waals surface area contributed by atoms with Crippen molar-refractivity contribution in [3.63, 3.8) is 0 Å². The van der Waals surface area contributed by atoms with Gasteiger partial charge in [0.2, 0.25) is 0 Å². The molecular weight excluding hydrogens is 306 g/mol. The predicted molar refractivity (Wildman–Crippen MR) is 80.1 cm³/mol. The first-order valence-corrected chi connectivity index (χ1v) is 6.93. The fourth-order valence-electron chi connectivity index (χ4n) is 1.92. The highest BCUT2D eigenvalue weighted by molar-refractivity contribution is 5.92. The third-order valence-corrected chi connectivity index (χ3v) is 3.18. The van der Waals surface area contributed by atoms with E-state index in [2.05, 4.69) is 10.3 Å². The summed E-state index contributed by atoms with van der Waals surface area (Å²) in [6, 6.07) is 9.00. The van der Waals surface area contributed by atoms with Crippen LogP contribution in [0, 0.1) is 0 Å². The molecule has 1 aromatic carbocycles. The minimum atomic E-state index is -2.55. The Kier molecular flexibility index (Phi) is 5.72. The van der Waals surface area contributed by atoms with Crippen molar-refractivity contribution in [1.82, 2.24) is 10.3 Å². The van der Waals surface area contributed by atoms with Crippen LogP contribution in [0.15, 0.2) is 42.6 Å². The number of amides is 1. The molecule has 0 aliphatic rings. The first-order chi connectivity index (χ1) is 11.0. The van der Waals surface area contributed by atoms with Crippen LogP contribution in [0.1, 0.15) is 22.5 Å². The van der Waals surface area contributed by atoms with E-state index in [1.54, 1.807) is 12.1 Å². The number of rotatable bonds is 6. The molecule has 1 unspecified atom stereocenters. The minimum Gasteiger partial charge on any atom is -0.394 e. The van der Waals surface area contributed by atoms with E-state index in [1.807, 2.05) is 0 Å². The summed E-state index contributed by atoms with van der Waals surface area (Å²) in [5, 5.41) is 20.3. The first kappa shape index (κ1) is 17.0. The van der Waals surface area contributed by atoms with Crippen molar-refractivity contribution in [3.8, 4) is 11.1 Å². The van der Waals surface area contributed by atoms with Crippen LogP contribution in [0.4, 0.5) is 8.78 Å². The number of carbonyl (C=O) groups excluding carboxylic acids is 1. The monoisotopic (exact) mass is 322 g/mol. The second-order valence-corrected chi connectivity index (χ2v) is 4.90. The molecule has 23 heavy (non-hydrogen) atoms. The van der Waals surface area contributed by atoms with Crippen molar-refractivity contribution in [2.75, 3.05) is 13.2 Å². The summed E-state index contributed by atoms with van der Waals surface area (Å²) in [6.07, 6.45) is -2.16. The molecule has 0 bridgehead atoms. The number of nitrogens with zero attached hydrogens (tertiary/aromatic N) is 1. The molecule has 122 valence electrons. The molecule has 0 saturated carbocycles. The van der Waals surface area contributed by atoms with Crippen LogP contribution >= 0.6 is 0 Å². The molecule has 1 atom stereocenters. The number of hydrogen-bond donors (Lipinski definition) is 3. The molecular formula is C16H16F2N2O3. The van der Waals surface area contributed by atoms with E-state index in [4.69, 9.17) is 5.11 Å². The standard InChI is InChI=1S/C16H16F2N2O3/c17-15(18)11-3-1-2-10(6-11)12-4-5-14(19-7-12)16(23)20-8-13(22)9-21/h1-7,13,15,21-22H,8-9H2,(H,20,23). The van der Waals surface area contributed by atoms with Crippen LogP contribution < -0.4 is 5.32 Å². The molecule has 1 amide bonds. The van der Waals surface area contributed by atoms with Crippen LogP contribution in [0.25, 0.3) is 11.1 Å². The largest absolute Gasteiger partial charge is 0.394 e. The summed E-state index contributed by atoms with van der Waals surface area (Å²) in [6.45, 7) is -0.539. The van der Waals surface area contributed by atoms with Gasteiger partial charge in [-0.25, -0.2) is 8.78 Å². The van der Waals surface area contributed by atoms with Crippen molar-refractivity contribution in [2.45, 2.75) is 12.5 Å². The molecule has 7 heteroatoms. The maximum atomic E-state index is 12.7. The van der Waals surface area contributed by atoms with Gasteiger partial charge in [-0.3, -0.25) is 9.78 Å². The first-order valence-electron chi connectivity index (χ1n) is 6.93. The average molecular weight is 322 g/mol. The number of carbonyl (C=O) groups is 1. The highest BCUT2D eigenvalue weighted by atomic mass is 19.3. The van der Waals surface area contributed by atoms with E-state index < -0.39 is 25.0 Å². The molecule has 1 heterocycles. The minimum absolute atomic E-state index is 0.0812. The molecule has 3 N–H and O–H groups in total. The van der Waals surface area contributed by atoms with Gasteiger partial charge in [-0.15, -0.1) is 0 Å². The number of alkyl halides is 2. The van der Waals surface area contributed by atoms with Crippen LogP contribution in [-0.2, 0) is 0 Å². The Morgan fingerprint density at radius 1 is 1.22 bits per heavy atom. The van der Waals surface area contributed by atoms with Crippen LogP contribution in [0.5, 0.6) is 0 Å². The average Bonchev–Trinajstić information content (AvgIpc) is 2.59. The lowest BCUT2D eigenvalue weighted by molar-refractivity contribution is 0.0799. The Hall–Kier alpha value is -2.38. The van der Waals surface area contributed by atoms with E-state index in [0.717, 1.165) is 0 Å². The number of pyridine rings is 1. The van der Waals surface area contributed by atoms with Gasteiger partial charge in [0.25, 0.3) is 12.3 Å². The second kappa shape index (κ2) is 7.75. The van der Waals surface area contributed by atoms with Crippen molar-refractivity contribution >= 4 is 5.91 Å². The van der Waals surface area contributed by atoms with Crippen molar-refractivity contribution in [2.24, 2.45) is 0 Å². The Morgan fingerprint density at radius 2 is 2.00 bits per heavy atom. The Balaban J connectivity index is 2.10. The van der Waals surface area contributed by atoms with E-state index in [-0.39, 0.29) is 17.8 Å². The molecule has 0 aliphatic carbocycles. The van der Waals surface area contributed by atoms with Crippen LogP contribution in [-0.4, -0.2) is 40.4 Å². The third kappa shape index (κ3) is 4.54. The molecule has 0 saturated heterocycles. The van der Waals surface area contributed by atoms with E-state index in [1.165, 1.54) is 30.5 Å². The van der Waals surface area contributed by atoms with Gasteiger partial charge < -0.3 is 15.5 Å². The Morgan fingerprint density at radius 3 is 2.61 bits per heavy atom. The van der Waals surface area contributed by atoms with E-state index in [0.29, 0.717) is 11.1 Å². The van der Waals surface area contributed by atoms with Gasteiger partial charge in [-0.2, -0.15) is 0 Å². The molecule has 2 aromatic rings. The Labute approximate surface area is 131 Å². The molecule has 5 nitrogen and oxygen atoms in total. The van der Waals surface area contributed by atoms with Gasteiger partial charge in [0.15, 0.2) is 0 Å². The van der Waals surface area contributed by atoms with Gasteiger partial charge in [0, 0.05) is 23.9 Å². The number of halogens is 2. The second-order valence-electron chi connectivity index (χ2n) is 4.90. The zero-order valence-corrected chi connectivity index (χ0v) is 12.1. The van der Waals surface area contributed by atoms with Crippen LogP contribution in [0.2, 0.25) is 0 Å². The summed E-state index contributed by atoms with van der Waals surface area (Å²) in [7, 11) is 0. The highest BCUT2D eigenvalue weighted by Gasteiger charge is 2.11. The lowest BCUT2D eigenvalue weighted by Crippen LogP contribution is -2.34. The van der Waals surface area contributed by atoms with Crippen molar-refractivity contribution in [3.05, 3.63) is 53.9 Å². The van der Waals surface area contributed by atoms with Gasteiger partial charge in [0.1, 0.15) is 5.69 Å². The Bertz CT molecular complexity index is 663. The number of aromatic nitrogens is 1. The van der Waals surface area contributed by atoms with Gasteiger partial charge in [-0.05, 0) is 17.7 Å². The molecule has 0 fully saturated rings.